The monoisotopic (exact) mass is 467 g/mol. The smallest absolute Gasteiger partial charge is 0.266 e. The van der Waals surface area contributed by atoms with Crippen LogP contribution in [0.3, 0.4) is 0 Å². The molecule has 0 spiro atoms. The molecule has 1 aliphatic heterocycles. The molecule has 0 radical (unpaired) electrons. The van der Waals surface area contributed by atoms with Crippen LogP contribution in [-0.4, -0.2) is 33.4 Å². The number of carbonyl (C=O) groups is 1. The standard InChI is InChI=1S/C25H25NO4S2/c1-29-20-10-15(9-18(27)11-20)21-3-2-19(30-21)12-22-24(28)26(25(31)32-22)23-16-5-13-4-14(7-16)8-17(23)6-13/h2-3,9-14,16-17,23,27H,4-8H2,1H3. The first kappa shape index (κ1) is 20.4. The lowest BCUT2D eigenvalue weighted by atomic mass is 9.54. The average Bonchev–Trinajstić information content (AvgIpc) is 3.33. The van der Waals surface area contributed by atoms with Gasteiger partial charge in [-0.2, -0.15) is 0 Å². The summed E-state index contributed by atoms with van der Waals surface area (Å²) in [6.07, 6.45) is 8.19. The first-order chi connectivity index (χ1) is 15.5. The number of benzene rings is 1. The van der Waals surface area contributed by atoms with E-state index >= 15 is 0 Å². The van der Waals surface area contributed by atoms with Crippen LogP contribution in [-0.2, 0) is 4.79 Å². The maximum Gasteiger partial charge on any atom is 0.266 e. The Morgan fingerprint density at radius 2 is 1.84 bits per heavy atom. The number of rotatable bonds is 4. The number of amides is 1. The van der Waals surface area contributed by atoms with E-state index in [1.807, 2.05) is 17.0 Å². The van der Waals surface area contributed by atoms with Crippen LogP contribution in [0.1, 0.15) is 37.9 Å². The summed E-state index contributed by atoms with van der Waals surface area (Å²) in [5.41, 5.74) is 0.711. The SMILES string of the molecule is COc1cc(O)cc(-c2ccc(C=C3SC(=S)N(C4C5CC6CC(C5)CC4C6)C3=O)o2)c1. The van der Waals surface area contributed by atoms with Gasteiger partial charge in [-0.15, -0.1) is 0 Å². The van der Waals surface area contributed by atoms with Crippen LogP contribution in [0.4, 0.5) is 0 Å². The van der Waals surface area contributed by atoms with Crippen molar-refractivity contribution in [2.75, 3.05) is 7.11 Å². The summed E-state index contributed by atoms with van der Waals surface area (Å²) in [5, 5.41) is 9.93. The van der Waals surface area contributed by atoms with E-state index in [-0.39, 0.29) is 17.7 Å². The molecule has 7 heteroatoms. The number of thioether (sulfide) groups is 1. The Kier molecular flexibility index (Phi) is 4.88. The third-order valence-electron chi connectivity index (χ3n) is 7.61. The summed E-state index contributed by atoms with van der Waals surface area (Å²) in [6, 6.07) is 8.90. The van der Waals surface area contributed by atoms with Crippen LogP contribution in [0.25, 0.3) is 17.4 Å². The van der Waals surface area contributed by atoms with Gasteiger partial charge in [0.05, 0.1) is 12.0 Å². The Labute approximate surface area is 196 Å². The van der Waals surface area contributed by atoms with E-state index in [0.29, 0.717) is 43.9 Å². The fourth-order valence-corrected chi connectivity index (χ4v) is 7.94. The molecule has 166 valence electrons. The summed E-state index contributed by atoms with van der Waals surface area (Å²) in [4.78, 5) is 16.0. The minimum Gasteiger partial charge on any atom is -0.508 e. The number of nitrogens with zero attached hydrogens (tertiary/aromatic N) is 1. The molecule has 5 aliphatic rings. The van der Waals surface area contributed by atoms with Crippen molar-refractivity contribution in [3.8, 4) is 22.8 Å². The lowest BCUT2D eigenvalue weighted by molar-refractivity contribution is -0.130. The van der Waals surface area contributed by atoms with Gasteiger partial charge in [0, 0.05) is 23.7 Å². The number of ether oxygens (including phenoxy) is 1. The second kappa shape index (κ2) is 7.66. The first-order valence-corrected chi connectivity index (χ1v) is 12.5. The molecule has 4 saturated carbocycles. The van der Waals surface area contributed by atoms with Crippen LogP contribution in [0.5, 0.6) is 11.5 Å². The Bertz CT molecular complexity index is 1110. The number of aromatic hydroxyl groups is 1. The molecule has 5 nitrogen and oxygen atoms in total. The van der Waals surface area contributed by atoms with Gasteiger partial charge in [-0.1, -0.05) is 24.0 Å². The Hall–Kier alpha value is -2.25. The van der Waals surface area contributed by atoms with Crippen molar-refractivity contribution in [2.24, 2.45) is 23.7 Å². The fraction of sp³-hybridized carbons (Fsp3) is 0.440. The second-order valence-corrected chi connectivity index (χ2v) is 11.3. The summed E-state index contributed by atoms with van der Waals surface area (Å²) >= 11 is 7.07. The van der Waals surface area contributed by atoms with Crippen molar-refractivity contribution >= 4 is 40.3 Å². The van der Waals surface area contributed by atoms with Crippen LogP contribution in [0.15, 0.2) is 39.7 Å². The second-order valence-electron chi connectivity index (χ2n) is 9.59. The van der Waals surface area contributed by atoms with E-state index in [2.05, 4.69) is 0 Å². The van der Waals surface area contributed by atoms with Crippen LogP contribution >= 0.6 is 24.0 Å². The van der Waals surface area contributed by atoms with Gasteiger partial charge in [0.15, 0.2) is 0 Å². The van der Waals surface area contributed by atoms with Crippen molar-refractivity contribution in [1.82, 2.24) is 4.90 Å². The lowest BCUT2D eigenvalue weighted by Gasteiger charge is -2.56. The van der Waals surface area contributed by atoms with E-state index in [0.717, 1.165) is 11.8 Å². The van der Waals surface area contributed by atoms with Gasteiger partial charge in [-0.25, -0.2) is 0 Å². The molecule has 1 saturated heterocycles. The third-order valence-corrected chi connectivity index (χ3v) is 8.94. The van der Waals surface area contributed by atoms with Crippen molar-refractivity contribution in [3.05, 3.63) is 41.0 Å². The topological polar surface area (TPSA) is 62.9 Å². The Morgan fingerprint density at radius 3 is 2.53 bits per heavy atom. The summed E-state index contributed by atoms with van der Waals surface area (Å²) in [6.45, 7) is 0. The number of carbonyl (C=O) groups excluding carboxylic acids is 1. The highest BCUT2D eigenvalue weighted by atomic mass is 32.2. The van der Waals surface area contributed by atoms with Gasteiger partial charge >= 0.3 is 0 Å². The number of thiocarbonyl (C=S) groups is 1. The largest absolute Gasteiger partial charge is 0.508 e. The summed E-state index contributed by atoms with van der Waals surface area (Å²) in [7, 11) is 1.55. The molecule has 0 unspecified atom stereocenters. The molecular formula is C25H25NO4S2. The molecule has 0 atom stereocenters. The lowest BCUT2D eigenvalue weighted by Crippen LogP contribution is -2.57. The average molecular weight is 468 g/mol. The molecule has 1 aromatic heterocycles. The maximum absolute atomic E-state index is 13.4. The summed E-state index contributed by atoms with van der Waals surface area (Å²) in [5.74, 6) is 4.79. The van der Waals surface area contributed by atoms with Gasteiger partial charge in [0.2, 0.25) is 0 Å². The minimum absolute atomic E-state index is 0.0226. The molecule has 7 rings (SSSR count). The van der Waals surface area contributed by atoms with E-state index in [4.69, 9.17) is 21.4 Å². The Balaban J connectivity index is 1.25. The molecule has 4 bridgehead atoms. The molecule has 2 heterocycles. The number of hydrogen-bond donors (Lipinski definition) is 1. The third kappa shape index (κ3) is 3.37. The zero-order chi connectivity index (χ0) is 22.0. The van der Waals surface area contributed by atoms with Crippen molar-refractivity contribution in [1.29, 1.82) is 0 Å². The Morgan fingerprint density at radius 1 is 1.12 bits per heavy atom. The molecule has 2 aromatic rings. The van der Waals surface area contributed by atoms with Gasteiger partial charge in [0.25, 0.3) is 5.91 Å². The zero-order valence-corrected chi connectivity index (χ0v) is 19.5. The van der Waals surface area contributed by atoms with Crippen molar-refractivity contribution < 1.29 is 19.1 Å². The highest BCUT2D eigenvalue weighted by molar-refractivity contribution is 8.26. The maximum atomic E-state index is 13.4. The highest BCUT2D eigenvalue weighted by Crippen LogP contribution is 2.56. The van der Waals surface area contributed by atoms with Crippen molar-refractivity contribution in [2.45, 2.75) is 38.1 Å². The minimum atomic E-state index is 0.0226. The van der Waals surface area contributed by atoms with Gasteiger partial charge in [-0.05, 0) is 80.0 Å². The van der Waals surface area contributed by atoms with Crippen molar-refractivity contribution in [3.63, 3.8) is 0 Å². The van der Waals surface area contributed by atoms with Gasteiger partial charge in [-0.3, -0.25) is 9.69 Å². The van der Waals surface area contributed by atoms with E-state index < -0.39 is 0 Å². The zero-order valence-electron chi connectivity index (χ0n) is 17.8. The number of furan rings is 1. The fourth-order valence-electron chi connectivity index (χ4n) is 6.61. The van der Waals surface area contributed by atoms with E-state index in [9.17, 15) is 9.90 Å². The van der Waals surface area contributed by atoms with Crippen LogP contribution in [0, 0.1) is 23.7 Å². The molecule has 1 amide bonds. The molecule has 5 fully saturated rings. The predicted octanol–water partition coefficient (Wildman–Crippen LogP) is 5.69. The molecule has 1 N–H and O–H groups in total. The molecule has 32 heavy (non-hydrogen) atoms. The predicted molar refractivity (Wildman–Crippen MR) is 128 cm³/mol. The molecule has 4 aliphatic carbocycles. The van der Waals surface area contributed by atoms with Gasteiger partial charge < -0.3 is 14.3 Å². The molecular weight excluding hydrogens is 442 g/mol. The normalized spacial score (nSPS) is 32.3. The summed E-state index contributed by atoms with van der Waals surface area (Å²) < 4.78 is 11.9. The number of hydrogen-bond acceptors (Lipinski definition) is 6. The quantitative estimate of drug-likeness (QED) is 0.461. The number of phenolic OH excluding ortho intramolecular Hbond substituents is 1. The first-order valence-electron chi connectivity index (χ1n) is 11.2. The number of phenols is 1. The van der Waals surface area contributed by atoms with Crippen LogP contribution in [0.2, 0.25) is 0 Å². The molecule has 1 aromatic carbocycles. The van der Waals surface area contributed by atoms with E-state index in [1.54, 1.807) is 31.4 Å². The van der Waals surface area contributed by atoms with Crippen LogP contribution < -0.4 is 4.74 Å². The number of methoxy groups -OCH3 is 1. The van der Waals surface area contributed by atoms with E-state index in [1.165, 1.54) is 43.9 Å². The van der Waals surface area contributed by atoms with Gasteiger partial charge in [0.1, 0.15) is 27.3 Å². The highest BCUT2D eigenvalue weighted by Gasteiger charge is 2.53.